The van der Waals surface area contributed by atoms with Crippen molar-refractivity contribution in [1.29, 1.82) is 0 Å². The van der Waals surface area contributed by atoms with E-state index < -0.39 is 26.6 Å². The SMILES string of the molecule is CN1CCN(C2Cc3ccc(F)cc3Sc3cc(F)c(Cl)cc32)CC1.COS(=O)(=O)O.COS(=O)(=O)O.O. The molecule has 2 heterocycles. The van der Waals surface area contributed by atoms with Gasteiger partial charge in [-0.3, -0.25) is 22.4 Å². The topological polar surface area (TPSA) is 165 Å². The molecule has 1 saturated heterocycles. The van der Waals surface area contributed by atoms with Crippen LogP contribution in [0.3, 0.4) is 0 Å². The molecular formula is C21H29ClF2N2O9S3. The van der Waals surface area contributed by atoms with Gasteiger partial charge in [0, 0.05) is 42.0 Å². The van der Waals surface area contributed by atoms with E-state index in [9.17, 15) is 25.6 Å². The molecule has 1 atom stereocenters. The maximum Gasteiger partial charge on any atom is 0.397 e. The van der Waals surface area contributed by atoms with E-state index in [-0.39, 0.29) is 22.4 Å². The Labute approximate surface area is 229 Å². The van der Waals surface area contributed by atoms with E-state index in [4.69, 9.17) is 20.7 Å². The molecule has 1 fully saturated rings. The molecule has 2 aromatic carbocycles. The third kappa shape index (κ3) is 11.0. The van der Waals surface area contributed by atoms with Gasteiger partial charge in [-0.2, -0.15) is 16.8 Å². The maximum absolute atomic E-state index is 14.1. The minimum atomic E-state index is -4.16. The van der Waals surface area contributed by atoms with Gasteiger partial charge in [0.1, 0.15) is 11.6 Å². The quantitative estimate of drug-likeness (QED) is 0.483. The Bertz CT molecular complexity index is 1260. The van der Waals surface area contributed by atoms with E-state index in [1.807, 2.05) is 6.07 Å². The van der Waals surface area contributed by atoms with Gasteiger partial charge < -0.3 is 10.4 Å². The highest BCUT2D eigenvalue weighted by molar-refractivity contribution is 7.99. The first-order valence-corrected chi connectivity index (χ1v) is 14.5. The molecule has 4 N–H and O–H groups in total. The van der Waals surface area contributed by atoms with Crippen LogP contribution in [0.15, 0.2) is 40.1 Å². The second-order valence-corrected chi connectivity index (χ2v) is 11.8. The summed E-state index contributed by atoms with van der Waals surface area (Å²) in [6.45, 7) is 3.92. The zero-order valence-electron chi connectivity index (χ0n) is 20.6. The minimum absolute atomic E-state index is 0. The van der Waals surface area contributed by atoms with Gasteiger partial charge in [-0.25, -0.2) is 8.78 Å². The molecule has 0 spiro atoms. The van der Waals surface area contributed by atoms with Crippen molar-refractivity contribution in [1.82, 2.24) is 9.80 Å². The predicted molar refractivity (Wildman–Crippen MR) is 138 cm³/mol. The first-order chi connectivity index (χ1) is 17.1. The van der Waals surface area contributed by atoms with Gasteiger partial charge in [0.2, 0.25) is 0 Å². The van der Waals surface area contributed by atoms with Gasteiger partial charge in [-0.05, 0) is 48.9 Å². The molecule has 1 unspecified atom stereocenters. The van der Waals surface area contributed by atoms with Crippen LogP contribution in [0.1, 0.15) is 17.2 Å². The molecule has 11 nitrogen and oxygen atoms in total. The van der Waals surface area contributed by atoms with Crippen molar-refractivity contribution in [3.05, 3.63) is 58.1 Å². The number of benzene rings is 2. The molecule has 0 saturated carbocycles. The summed E-state index contributed by atoms with van der Waals surface area (Å²) in [5.41, 5.74) is 2.14. The maximum atomic E-state index is 14.1. The molecule has 38 heavy (non-hydrogen) atoms. The lowest BCUT2D eigenvalue weighted by Crippen LogP contribution is -2.46. The number of hydrogen-bond donors (Lipinski definition) is 2. The van der Waals surface area contributed by atoms with Crippen molar-refractivity contribution in [2.75, 3.05) is 47.4 Å². The summed E-state index contributed by atoms with van der Waals surface area (Å²) in [7, 11) is -4.46. The number of halogens is 3. The molecule has 0 aliphatic carbocycles. The van der Waals surface area contributed by atoms with E-state index in [1.54, 1.807) is 12.1 Å². The van der Waals surface area contributed by atoms with Crippen molar-refractivity contribution >= 4 is 44.2 Å². The van der Waals surface area contributed by atoms with Gasteiger partial charge in [-0.1, -0.05) is 29.4 Å². The van der Waals surface area contributed by atoms with Crippen LogP contribution in [0.25, 0.3) is 0 Å². The van der Waals surface area contributed by atoms with Crippen LogP contribution in [-0.4, -0.2) is 88.7 Å². The zero-order valence-corrected chi connectivity index (χ0v) is 23.8. The minimum Gasteiger partial charge on any atom is -0.412 e. The highest BCUT2D eigenvalue weighted by Crippen LogP contribution is 2.44. The number of likely N-dealkylation sites (N-methyl/N-ethyl adjacent to an activating group) is 1. The Hall–Kier alpha value is -1.44. The van der Waals surface area contributed by atoms with Gasteiger partial charge >= 0.3 is 20.8 Å². The first-order valence-electron chi connectivity index (χ1n) is 10.6. The van der Waals surface area contributed by atoms with Crippen LogP contribution < -0.4 is 0 Å². The molecule has 17 heteroatoms. The predicted octanol–water partition coefficient (Wildman–Crippen LogP) is 2.66. The fourth-order valence-electron chi connectivity index (χ4n) is 3.58. The molecule has 4 rings (SSSR count). The molecule has 216 valence electrons. The Balaban J connectivity index is 0.000000469. The Morgan fingerprint density at radius 3 is 1.97 bits per heavy atom. The van der Waals surface area contributed by atoms with Crippen molar-refractivity contribution in [3.8, 4) is 0 Å². The lowest BCUT2D eigenvalue weighted by atomic mass is 9.96. The summed E-state index contributed by atoms with van der Waals surface area (Å²) in [6.07, 6.45) is 0.779. The largest absolute Gasteiger partial charge is 0.412 e. The lowest BCUT2D eigenvalue weighted by molar-refractivity contribution is 0.110. The van der Waals surface area contributed by atoms with Crippen molar-refractivity contribution in [3.63, 3.8) is 0 Å². The smallest absolute Gasteiger partial charge is 0.397 e. The Kier molecular flexibility index (Phi) is 13.5. The van der Waals surface area contributed by atoms with Crippen LogP contribution in [-0.2, 0) is 35.6 Å². The molecule has 0 radical (unpaired) electrons. The summed E-state index contributed by atoms with van der Waals surface area (Å²) in [6, 6.07) is 8.27. The van der Waals surface area contributed by atoms with Gasteiger partial charge in [0.25, 0.3) is 0 Å². The van der Waals surface area contributed by atoms with Crippen LogP contribution in [0.4, 0.5) is 8.78 Å². The highest BCUT2D eigenvalue weighted by Gasteiger charge is 2.30. The average molecular weight is 623 g/mol. The zero-order chi connectivity index (χ0) is 28.0. The third-order valence-corrected chi connectivity index (χ3v) is 7.78. The second kappa shape index (κ2) is 14.8. The summed E-state index contributed by atoms with van der Waals surface area (Å²) >= 11 is 7.52. The van der Waals surface area contributed by atoms with Gasteiger partial charge in [0.05, 0.1) is 19.2 Å². The summed E-state index contributed by atoms with van der Waals surface area (Å²) in [5.74, 6) is -0.690. The highest BCUT2D eigenvalue weighted by atomic mass is 35.5. The number of rotatable bonds is 3. The standard InChI is InChI=1S/C19H19ClF2N2S.2CH4O4S.H2O/c1-23-4-6-24(7-5-23)17-8-12-2-3-13(21)9-18(12)25-19-11-16(22)15(20)10-14(17)19;2*1-5-6(2,3)4;/h2-3,9-11,17H,4-8H2,1H3;2*1H3,(H,2,3,4);1H2. The molecular weight excluding hydrogens is 594 g/mol. The van der Waals surface area contributed by atoms with Crippen molar-refractivity contribution < 1.29 is 48.6 Å². The van der Waals surface area contributed by atoms with Crippen LogP contribution in [0.5, 0.6) is 0 Å². The lowest BCUT2D eigenvalue weighted by Gasteiger charge is -2.38. The van der Waals surface area contributed by atoms with E-state index >= 15 is 0 Å². The van der Waals surface area contributed by atoms with Crippen molar-refractivity contribution in [2.45, 2.75) is 22.3 Å². The van der Waals surface area contributed by atoms with Crippen LogP contribution in [0.2, 0.25) is 5.02 Å². The first kappa shape index (κ1) is 34.6. The third-order valence-electron chi connectivity index (χ3n) is 5.47. The van der Waals surface area contributed by atoms with Gasteiger partial charge in [0.15, 0.2) is 0 Å². The monoisotopic (exact) mass is 622 g/mol. The van der Waals surface area contributed by atoms with E-state index in [0.717, 1.165) is 67.7 Å². The molecule has 0 aromatic heterocycles. The molecule has 0 bridgehead atoms. The number of piperazine rings is 1. The fraction of sp³-hybridized carbons (Fsp3) is 0.429. The van der Waals surface area contributed by atoms with Crippen LogP contribution in [0, 0.1) is 11.6 Å². The molecule has 2 aliphatic heterocycles. The van der Waals surface area contributed by atoms with E-state index in [1.165, 1.54) is 23.9 Å². The van der Waals surface area contributed by atoms with Crippen molar-refractivity contribution in [2.24, 2.45) is 0 Å². The normalized spacial score (nSPS) is 17.8. The Morgan fingerprint density at radius 2 is 1.47 bits per heavy atom. The van der Waals surface area contributed by atoms with E-state index in [0.29, 0.717) is 0 Å². The summed E-state index contributed by atoms with van der Waals surface area (Å²) < 4.78 is 87.2. The number of fused-ring (bicyclic) bond motifs is 2. The second-order valence-electron chi connectivity index (χ2n) is 7.91. The van der Waals surface area contributed by atoms with E-state index in [2.05, 4.69) is 25.2 Å². The summed E-state index contributed by atoms with van der Waals surface area (Å²) in [5, 5.41) is 0.149. The number of nitrogens with zero attached hydrogens (tertiary/aromatic N) is 2. The van der Waals surface area contributed by atoms with Crippen LogP contribution >= 0.6 is 23.4 Å². The number of hydrogen-bond acceptors (Lipinski definition) is 9. The molecule has 0 amide bonds. The summed E-state index contributed by atoms with van der Waals surface area (Å²) in [4.78, 5) is 6.44. The molecule has 2 aliphatic rings. The Morgan fingerprint density at radius 1 is 0.947 bits per heavy atom. The average Bonchev–Trinajstić information content (AvgIpc) is 2.96. The van der Waals surface area contributed by atoms with Gasteiger partial charge in [-0.15, -0.1) is 0 Å². The molecule has 2 aromatic rings. The fourth-order valence-corrected chi connectivity index (χ4v) is 4.92.